The monoisotopic (exact) mass is 323 g/mol. The second kappa shape index (κ2) is 6.71. The summed E-state index contributed by atoms with van der Waals surface area (Å²) in [5.41, 5.74) is 1.95. The highest BCUT2D eigenvalue weighted by Gasteiger charge is 2.41. The fraction of sp³-hybridized carbons (Fsp3) is 0.368. The number of ether oxygens (including phenoxy) is 1. The summed E-state index contributed by atoms with van der Waals surface area (Å²) < 4.78 is 5.93. The highest BCUT2D eigenvalue weighted by molar-refractivity contribution is 5.94. The van der Waals surface area contributed by atoms with Crippen LogP contribution in [0.15, 0.2) is 54.9 Å². The third-order valence-electron chi connectivity index (χ3n) is 4.84. The third-order valence-corrected chi connectivity index (χ3v) is 4.84. The number of nitrogens with zero attached hydrogens (tertiary/aromatic N) is 3. The summed E-state index contributed by atoms with van der Waals surface area (Å²) in [4.78, 5) is 21.1. The quantitative estimate of drug-likeness (QED) is 0.864. The molecule has 4 rings (SSSR count). The number of likely N-dealkylation sites (tertiary alicyclic amines) is 1. The summed E-state index contributed by atoms with van der Waals surface area (Å²) in [5.74, 6) is 0.0424. The number of aromatic nitrogens is 1. The van der Waals surface area contributed by atoms with Gasteiger partial charge in [-0.1, -0.05) is 30.3 Å². The number of benzene rings is 1. The molecule has 5 heteroatoms. The summed E-state index contributed by atoms with van der Waals surface area (Å²) in [7, 11) is 0. The van der Waals surface area contributed by atoms with Gasteiger partial charge in [-0.3, -0.25) is 14.7 Å². The van der Waals surface area contributed by atoms with Gasteiger partial charge in [-0.15, -0.1) is 0 Å². The molecule has 0 spiro atoms. The SMILES string of the molecule is O=C(c1cccnc1)N1C[C@@H]2OCCN(Cc3ccccc3)[C@H]2C1. The Hall–Kier alpha value is -2.24. The Morgan fingerprint density at radius 3 is 2.83 bits per heavy atom. The van der Waals surface area contributed by atoms with Crippen LogP contribution < -0.4 is 0 Å². The Balaban J connectivity index is 1.47. The van der Waals surface area contributed by atoms with Gasteiger partial charge in [0.2, 0.25) is 0 Å². The molecule has 2 aliphatic heterocycles. The molecule has 0 unspecified atom stereocenters. The molecule has 0 aliphatic carbocycles. The fourth-order valence-electron chi connectivity index (χ4n) is 3.61. The predicted molar refractivity (Wildman–Crippen MR) is 90.5 cm³/mol. The summed E-state index contributed by atoms with van der Waals surface area (Å²) in [6, 6.07) is 14.4. The van der Waals surface area contributed by atoms with E-state index in [2.05, 4.69) is 34.1 Å². The zero-order valence-corrected chi connectivity index (χ0v) is 13.5. The van der Waals surface area contributed by atoms with Crippen LogP contribution in [0.5, 0.6) is 0 Å². The van der Waals surface area contributed by atoms with Crippen molar-refractivity contribution in [3.63, 3.8) is 0 Å². The lowest BCUT2D eigenvalue weighted by molar-refractivity contribution is -0.0503. The van der Waals surface area contributed by atoms with Gasteiger partial charge in [-0.2, -0.15) is 0 Å². The Kier molecular flexibility index (Phi) is 4.28. The normalized spacial score (nSPS) is 23.9. The maximum Gasteiger partial charge on any atom is 0.255 e. The van der Waals surface area contributed by atoms with Crippen molar-refractivity contribution in [3.05, 3.63) is 66.0 Å². The second-order valence-electron chi connectivity index (χ2n) is 6.38. The number of pyridine rings is 1. The zero-order valence-electron chi connectivity index (χ0n) is 13.5. The zero-order chi connectivity index (χ0) is 16.4. The lowest BCUT2D eigenvalue weighted by Crippen LogP contribution is -2.50. The number of fused-ring (bicyclic) bond motifs is 1. The molecule has 1 aromatic heterocycles. The average molecular weight is 323 g/mol. The van der Waals surface area contributed by atoms with Crippen LogP contribution in [0.4, 0.5) is 0 Å². The van der Waals surface area contributed by atoms with Gasteiger partial charge in [-0.25, -0.2) is 0 Å². The van der Waals surface area contributed by atoms with E-state index in [9.17, 15) is 4.79 Å². The molecule has 1 aromatic carbocycles. The van der Waals surface area contributed by atoms with Gasteiger partial charge in [0.25, 0.3) is 5.91 Å². The van der Waals surface area contributed by atoms with Gasteiger partial charge in [0.05, 0.1) is 24.3 Å². The van der Waals surface area contributed by atoms with E-state index in [0.717, 1.165) is 19.7 Å². The molecule has 2 aliphatic rings. The number of morpholine rings is 1. The predicted octanol–water partition coefficient (Wildman–Crippen LogP) is 1.81. The fourth-order valence-corrected chi connectivity index (χ4v) is 3.61. The first kappa shape index (κ1) is 15.3. The minimum atomic E-state index is 0.0424. The molecule has 2 aromatic rings. The summed E-state index contributed by atoms with van der Waals surface area (Å²) in [6.45, 7) is 3.91. The van der Waals surface area contributed by atoms with Crippen LogP contribution in [0.3, 0.4) is 0 Å². The molecule has 0 radical (unpaired) electrons. The molecule has 2 atom stereocenters. The standard InChI is InChI=1S/C19H21N3O2/c23-19(16-7-4-8-20-11-16)22-13-17-18(14-22)24-10-9-21(17)12-15-5-2-1-3-6-15/h1-8,11,17-18H,9-10,12-14H2/t17-,18-/m0/s1. The highest BCUT2D eigenvalue weighted by atomic mass is 16.5. The molecule has 2 saturated heterocycles. The van der Waals surface area contributed by atoms with Gasteiger partial charge in [0, 0.05) is 38.6 Å². The molecule has 2 fully saturated rings. The van der Waals surface area contributed by atoms with Crippen LogP contribution in [-0.2, 0) is 11.3 Å². The molecule has 124 valence electrons. The molecular weight excluding hydrogens is 302 g/mol. The van der Waals surface area contributed by atoms with E-state index in [0.29, 0.717) is 18.7 Å². The second-order valence-corrected chi connectivity index (χ2v) is 6.38. The average Bonchev–Trinajstić information content (AvgIpc) is 3.08. The minimum absolute atomic E-state index is 0.0424. The molecule has 5 nitrogen and oxygen atoms in total. The van der Waals surface area contributed by atoms with E-state index >= 15 is 0 Å². The number of amides is 1. The largest absolute Gasteiger partial charge is 0.373 e. The molecule has 24 heavy (non-hydrogen) atoms. The van der Waals surface area contributed by atoms with Crippen molar-refractivity contribution in [1.29, 1.82) is 0 Å². The van der Waals surface area contributed by atoms with E-state index in [1.165, 1.54) is 5.56 Å². The number of carbonyl (C=O) groups excluding carboxylic acids is 1. The molecule has 1 amide bonds. The lowest BCUT2D eigenvalue weighted by Gasteiger charge is -2.36. The number of hydrogen-bond donors (Lipinski definition) is 0. The summed E-state index contributed by atoms with van der Waals surface area (Å²) in [6.07, 6.45) is 3.42. The third kappa shape index (κ3) is 3.05. The van der Waals surface area contributed by atoms with Crippen LogP contribution in [0.1, 0.15) is 15.9 Å². The van der Waals surface area contributed by atoms with Crippen LogP contribution in [0, 0.1) is 0 Å². The van der Waals surface area contributed by atoms with Crippen molar-refractivity contribution < 1.29 is 9.53 Å². The first-order valence-corrected chi connectivity index (χ1v) is 8.40. The van der Waals surface area contributed by atoms with Crippen molar-refractivity contribution in [2.75, 3.05) is 26.2 Å². The summed E-state index contributed by atoms with van der Waals surface area (Å²) in [5, 5.41) is 0. The highest BCUT2D eigenvalue weighted by Crippen LogP contribution is 2.25. The Morgan fingerprint density at radius 2 is 2.04 bits per heavy atom. The molecule has 0 saturated carbocycles. The van der Waals surface area contributed by atoms with E-state index in [-0.39, 0.29) is 18.1 Å². The molecule has 3 heterocycles. The van der Waals surface area contributed by atoms with Crippen LogP contribution in [-0.4, -0.2) is 59.1 Å². The Labute approximate surface area is 141 Å². The molecule has 0 bridgehead atoms. The summed E-state index contributed by atoms with van der Waals surface area (Å²) >= 11 is 0. The van der Waals surface area contributed by atoms with Gasteiger partial charge < -0.3 is 9.64 Å². The maximum absolute atomic E-state index is 12.7. The van der Waals surface area contributed by atoms with Crippen molar-refractivity contribution in [2.24, 2.45) is 0 Å². The van der Waals surface area contributed by atoms with Crippen LogP contribution in [0.2, 0.25) is 0 Å². The van der Waals surface area contributed by atoms with E-state index in [1.54, 1.807) is 18.5 Å². The Morgan fingerprint density at radius 1 is 1.17 bits per heavy atom. The van der Waals surface area contributed by atoms with Crippen molar-refractivity contribution in [3.8, 4) is 0 Å². The first-order valence-electron chi connectivity index (χ1n) is 8.40. The van der Waals surface area contributed by atoms with Crippen molar-refractivity contribution in [2.45, 2.75) is 18.7 Å². The number of carbonyl (C=O) groups is 1. The Bertz CT molecular complexity index is 692. The van der Waals surface area contributed by atoms with Crippen molar-refractivity contribution >= 4 is 5.91 Å². The van der Waals surface area contributed by atoms with Crippen LogP contribution >= 0.6 is 0 Å². The molecule has 0 N–H and O–H groups in total. The smallest absolute Gasteiger partial charge is 0.255 e. The maximum atomic E-state index is 12.7. The topological polar surface area (TPSA) is 45.7 Å². The lowest BCUT2D eigenvalue weighted by atomic mass is 10.1. The van der Waals surface area contributed by atoms with Crippen LogP contribution in [0.25, 0.3) is 0 Å². The molecular formula is C19H21N3O2. The van der Waals surface area contributed by atoms with Gasteiger partial charge >= 0.3 is 0 Å². The van der Waals surface area contributed by atoms with Crippen molar-refractivity contribution in [1.82, 2.24) is 14.8 Å². The van der Waals surface area contributed by atoms with E-state index in [1.807, 2.05) is 17.0 Å². The van der Waals surface area contributed by atoms with E-state index < -0.39 is 0 Å². The number of rotatable bonds is 3. The number of hydrogen-bond acceptors (Lipinski definition) is 4. The first-order chi connectivity index (χ1) is 11.8. The van der Waals surface area contributed by atoms with Gasteiger partial charge in [-0.05, 0) is 17.7 Å². The minimum Gasteiger partial charge on any atom is -0.373 e. The van der Waals surface area contributed by atoms with Gasteiger partial charge in [0.1, 0.15) is 0 Å². The van der Waals surface area contributed by atoms with E-state index in [4.69, 9.17) is 4.74 Å². The van der Waals surface area contributed by atoms with Gasteiger partial charge in [0.15, 0.2) is 0 Å².